The molecular formula is C20H32N4O2S. The van der Waals surface area contributed by atoms with Crippen molar-refractivity contribution in [2.75, 3.05) is 33.3 Å². The number of fused-ring (bicyclic) bond motifs is 1. The fourth-order valence-electron chi connectivity index (χ4n) is 3.76. The number of amides is 1. The number of carbonyl (C=O) groups is 1. The summed E-state index contributed by atoms with van der Waals surface area (Å²) in [7, 11) is 1.73. The molecule has 0 bridgehead atoms. The Kier molecular flexibility index (Phi) is 7.95. The van der Waals surface area contributed by atoms with Gasteiger partial charge in [0.1, 0.15) is 0 Å². The molecule has 1 saturated carbocycles. The van der Waals surface area contributed by atoms with Crippen molar-refractivity contribution in [1.82, 2.24) is 15.5 Å². The predicted octanol–water partition coefficient (Wildman–Crippen LogP) is 2.54. The molecule has 150 valence electrons. The van der Waals surface area contributed by atoms with Crippen LogP contribution in [0.3, 0.4) is 0 Å². The lowest BCUT2D eigenvalue weighted by atomic mass is 10.1. The highest BCUT2D eigenvalue weighted by atomic mass is 32.1. The molecule has 0 unspecified atom stereocenters. The molecule has 1 fully saturated rings. The highest BCUT2D eigenvalue weighted by molar-refractivity contribution is 7.10. The number of nitrogens with one attached hydrogen (secondary N) is 2. The number of nitrogens with zero attached hydrogens (tertiary/aromatic N) is 2. The van der Waals surface area contributed by atoms with Crippen LogP contribution in [0.5, 0.6) is 0 Å². The zero-order chi connectivity index (χ0) is 18.9. The number of ether oxygens (including phenoxy) is 1. The van der Waals surface area contributed by atoms with Crippen LogP contribution in [-0.4, -0.2) is 56.2 Å². The minimum atomic E-state index is 0.115. The van der Waals surface area contributed by atoms with Crippen molar-refractivity contribution in [3.8, 4) is 0 Å². The van der Waals surface area contributed by atoms with Gasteiger partial charge in [0.15, 0.2) is 5.96 Å². The molecule has 1 aromatic rings. The number of guanidine groups is 1. The van der Waals surface area contributed by atoms with Gasteiger partial charge < -0.3 is 20.3 Å². The largest absolute Gasteiger partial charge is 0.376 e. The van der Waals surface area contributed by atoms with Crippen molar-refractivity contribution in [2.24, 2.45) is 4.99 Å². The average Bonchev–Trinajstić information content (AvgIpc) is 3.01. The van der Waals surface area contributed by atoms with Gasteiger partial charge in [0.2, 0.25) is 5.91 Å². The van der Waals surface area contributed by atoms with Gasteiger partial charge in [-0.3, -0.25) is 9.79 Å². The SMILES string of the molecule is CN=C(NCCOC1CCCCCC1)NCC(=O)N1CCc2sccc2C1. The Morgan fingerprint density at radius 3 is 2.89 bits per heavy atom. The standard InChI is InChI=1S/C20H32N4O2S/c1-21-20(22-10-12-26-17-6-4-2-3-5-7-17)23-14-19(25)24-11-8-18-16(15-24)9-13-27-18/h9,13,17H,2-8,10-12,14-15H2,1H3,(H2,21,22,23). The van der Waals surface area contributed by atoms with Crippen molar-refractivity contribution in [1.29, 1.82) is 0 Å². The molecule has 3 rings (SSSR count). The van der Waals surface area contributed by atoms with E-state index in [1.807, 2.05) is 4.90 Å². The van der Waals surface area contributed by atoms with E-state index in [9.17, 15) is 4.79 Å². The molecule has 7 heteroatoms. The van der Waals surface area contributed by atoms with Crippen molar-refractivity contribution in [3.63, 3.8) is 0 Å². The van der Waals surface area contributed by atoms with E-state index in [2.05, 4.69) is 27.1 Å². The molecule has 0 radical (unpaired) electrons. The van der Waals surface area contributed by atoms with Crippen molar-refractivity contribution < 1.29 is 9.53 Å². The van der Waals surface area contributed by atoms with Crippen LogP contribution in [0.1, 0.15) is 49.0 Å². The zero-order valence-corrected chi connectivity index (χ0v) is 17.2. The molecule has 0 spiro atoms. The molecule has 2 heterocycles. The zero-order valence-electron chi connectivity index (χ0n) is 16.3. The van der Waals surface area contributed by atoms with E-state index in [1.165, 1.54) is 49.0 Å². The van der Waals surface area contributed by atoms with Crippen LogP contribution in [0.2, 0.25) is 0 Å². The lowest BCUT2D eigenvalue weighted by molar-refractivity contribution is -0.130. The van der Waals surface area contributed by atoms with Gasteiger partial charge in [-0.25, -0.2) is 0 Å². The maximum Gasteiger partial charge on any atom is 0.242 e. The van der Waals surface area contributed by atoms with Gasteiger partial charge in [-0.05, 0) is 36.3 Å². The third-order valence-corrected chi connectivity index (χ3v) is 6.36. The summed E-state index contributed by atoms with van der Waals surface area (Å²) in [6, 6.07) is 2.13. The third kappa shape index (κ3) is 6.21. The molecule has 0 atom stereocenters. The monoisotopic (exact) mass is 392 g/mol. The quantitative estimate of drug-likeness (QED) is 0.338. The molecule has 0 aromatic carbocycles. The number of aliphatic imine (C=N–C) groups is 1. The van der Waals surface area contributed by atoms with Gasteiger partial charge >= 0.3 is 0 Å². The van der Waals surface area contributed by atoms with E-state index in [1.54, 1.807) is 18.4 Å². The van der Waals surface area contributed by atoms with Crippen LogP contribution < -0.4 is 10.6 Å². The molecule has 1 aromatic heterocycles. The van der Waals surface area contributed by atoms with Gasteiger partial charge in [-0.15, -0.1) is 11.3 Å². The second kappa shape index (κ2) is 10.7. The molecule has 0 saturated heterocycles. The van der Waals surface area contributed by atoms with Gasteiger partial charge in [-0.1, -0.05) is 25.7 Å². The van der Waals surface area contributed by atoms with Crippen LogP contribution in [-0.2, 0) is 22.5 Å². The van der Waals surface area contributed by atoms with E-state index in [0.717, 1.165) is 19.5 Å². The maximum atomic E-state index is 12.5. The van der Waals surface area contributed by atoms with Crippen LogP contribution in [0.15, 0.2) is 16.4 Å². The highest BCUT2D eigenvalue weighted by Gasteiger charge is 2.21. The molecule has 1 amide bonds. The van der Waals surface area contributed by atoms with Gasteiger partial charge in [0, 0.05) is 31.6 Å². The summed E-state index contributed by atoms with van der Waals surface area (Å²) in [6.07, 6.45) is 8.99. The summed E-state index contributed by atoms with van der Waals surface area (Å²) in [5.74, 6) is 0.769. The van der Waals surface area contributed by atoms with E-state index in [-0.39, 0.29) is 12.5 Å². The van der Waals surface area contributed by atoms with Gasteiger partial charge in [0.05, 0.1) is 19.3 Å². The lowest BCUT2D eigenvalue weighted by Gasteiger charge is -2.27. The first-order chi connectivity index (χ1) is 13.3. The van der Waals surface area contributed by atoms with Gasteiger partial charge in [0.25, 0.3) is 0 Å². The van der Waals surface area contributed by atoms with Crippen molar-refractivity contribution in [2.45, 2.75) is 57.6 Å². The first kappa shape index (κ1) is 20.1. The normalized spacial score (nSPS) is 18.7. The maximum absolute atomic E-state index is 12.5. The fourth-order valence-corrected chi connectivity index (χ4v) is 4.65. The minimum absolute atomic E-state index is 0.115. The van der Waals surface area contributed by atoms with Crippen molar-refractivity contribution in [3.05, 3.63) is 21.9 Å². The molecule has 2 aliphatic rings. The molecule has 27 heavy (non-hydrogen) atoms. The van der Waals surface area contributed by atoms with Crippen LogP contribution >= 0.6 is 11.3 Å². The van der Waals surface area contributed by atoms with Crippen LogP contribution in [0, 0.1) is 0 Å². The Labute approximate surface area is 166 Å². The fraction of sp³-hybridized carbons (Fsp3) is 0.700. The van der Waals surface area contributed by atoms with E-state index >= 15 is 0 Å². The van der Waals surface area contributed by atoms with Crippen LogP contribution in [0.25, 0.3) is 0 Å². The summed E-state index contributed by atoms with van der Waals surface area (Å²) in [5.41, 5.74) is 1.29. The molecule has 1 aliphatic carbocycles. The Hall–Kier alpha value is -1.60. The Morgan fingerprint density at radius 1 is 1.30 bits per heavy atom. The summed E-state index contributed by atoms with van der Waals surface area (Å²) in [5, 5.41) is 8.48. The first-order valence-corrected chi connectivity index (χ1v) is 11.0. The van der Waals surface area contributed by atoms with Crippen LogP contribution in [0.4, 0.5) is 0 Å². The summed E-state index contributed by atoms with van der Waals surface area (Å²) in [6.45, 7) is 3.16. The third-order valence-electron chi connectivity index (χ3n) is 5.34. The summed E-state index contributed by atoms with van der Waals surface area (Å²) >= 11 is 1.79. The number of hydrogen-bond acceptors (Lipinski definition) is 4. The molecule has 6 nitrogen and oxygen atoms in total. The number of rotatable bonds is 6. The van der Waals surface area contributed by atoms with E-state index in [4.69, 9.17) is 4.74 Å². The second-order valence-electron chi connectivity index (χ2n) is 7.27. The molecule has 1 aliphatic heterocycles. The average molecular weight is 393 g/mol. The summed E-state index contributed by atoms with van der Waals surface area (Å²) < 4.78 is 5.98. The number of hydrogen-bond donors (Lipinski definition) is 2. The second-order valence-corrected chi connectivity index (χ2v) is 8.27. The molecular weight excluding hydrogens is 360 g/mol. The molecule has 2 N–H and O–H groups in total. The number of thiophene rings is 1. The highest BCUT2D eigenvalue weighted by Crippen LogP contribution is 2.23. The predicted molar refractivity (Wildman–Crippen MR) is 110 cm³/mol. The summed E-state index contributed by atoms with van der Waals surface area (Å²) in [4.78, 5) is 20.0. The topological polar surface area (TPSA) is 66.0 Å². The lowest BCUT2D eigenvalue weighted by Crippen LogP contribution is -2.46. The van der Waals surface area contributed by atoms with Gasteiger partial charge in [-0.2, -0.15) is 0 Å². The van der Waals surface area contributed by atoms with E-state index < -0.39 is 0 Å². The number of carbonyl (C=O) groups excluding carboxylic acids is 1. The minimum Gasteiger partial charge on any atom is -0.376 e. The van der Waals surface area contributed by atoms with E-state index in [0.29, 0.717) is 25.2 Å². The Bertz CT molecular complexity index is 623. The Morgan fingerprint density at radius 2 is 2.11 bits per heavy atom. The smallest absolute Gasteiger partial charge is 0.242 e. The Balaban J connectivity index is 1.32. The first-order valence-electron chi connectivity index (χ1n) is 10.2. The van der Waals surface area contributed by atoms with Crippen molar-refractivity contribution >= 4 is 23.2 Å².